The van der Waals surface area contributed by atoms with Crippen molar-refractivity contribution < 1.29 is 18.0 Å². The molecule has 2 rings (SSSR count). The number of hydrogen-bond donors (Lipinski definition) is 2. The van der Waals surface area contributed by atoms with Crippen LogP contribution in [0.25, 0.3) is 5.57 Å². The van der Waals surface area contributed by atoms with E-state index in [-0.39, 0.29) is 5.56 Å². The maximum absolute atomic E-state index is 13.1. The molecule has 0 fully saturated rings. The minimum absolute atomic E-state index is 0.349. The van der Waals surface area contributed by atoms with Crippen LogP contribution in [0.15, 0.2) is 24.3 Å². The van der Waals surface area contributed by atoms with Crippen LogP contribution in [0, 0.1) is 0 Å². The lowest BCUT2D eigenvalue weighted by atomic mass is 9.95. The van der Waals surface area contributed by atoms with E-state index in [9.17, 15) is 18.0 Å². The number of alkyl halides is 3. The van der Waals surface area contributed by atoms with E-state index < -0.39 is 17.6 Å². The van der Waals surface area contributed by atoms with Crippen LogP contribution in [0.1, 0.15) is 27.9 Å². The average molecular weight is 284 g/mol. The predicted octanol–water partition coefficient (Wildman–Crippen LogP) is 2.44. The molecule has 0 aliphatic carbocycles. The summed E-state index contributed by atoms with van der Waals surface area (Å²) in [5.74, 6) is -0.733. The molecule has 1 aromatic carbocycles. The Bertz CT molecular complexity index is 550. The minimum atomic E-state index is -4.55. The highest BCUT2D eigenvalue weighted by Gasteiger charge is 2.35. The molecule has 0 bridgehead atoms. The van der Waals surface area contributed by atoms with Crippen LogP contribution in [-0.4, -0.2) is 26.0 Å². The van der Waals surface area contributed by atoms with Crippen LogP contribution >= 0.6 is 0 Å². The topological polar surface area (TPSA) is 41.1 Å². The largest absolute Gasteiger partial charge is 0.417 e. The van der Waals surface area contributed by atoms with Crippen molar-refractivity contribution in [1.29, 1.82) is 0 Å². The van der Waals surface area contributed by atoms with Crippen LogP contribution in [0.2, 0.25) is 0 Å². The predicted molar refractivity (Wildman–Crippen MR) is 70.3 cm³/mol. The molecule has 6 heteroatoms. The maximum atomic E-state index is 13.1. The van der Waals surface area contributed by atoms with Gasteiger partial charge in [-0.3, -0.25) is 4.79 Å². The molecule has 108 valence electrons. The van der Waals surface area contributed by atoms with Crippen LogP contribution in [-0.2, 0) is 6.18 Å². The van der Waals surface area contributed by atoms with Crippen molar-refractivity contribution in [3.63, 3.8) is 0 Å². The number of halogens is 3. The van der Waals surface area contributed by atoms with Gasteiger partial charge in [-0.15, -0.1) is 0 Å². The van der Waals surface area contributed by atoms with Crippen molar-refractivity contribution in [2.24, 2.45) is 0 Å². The first kappa shape index (κ1) is 14.6. The smallest absolute Gasteiger partial charge is 0.355 e. The molecule has 3 nitrogen and oxygen atoms in total. The fourth-order valence-corrected chi connectivity index (χ4v) is 2.20. The van der Waals surface area contributed by atoms with E-state index in [4.69, 9.17) is 0 Å². The minimum Gasteiger partial charge on any atom is -0.355 e. The summed E-state index contributed by atoms with van der Waals surface area (Å²) < 4.78 is 39.2. The third-order valence-corrected chi connectivity index (χ3v) is 3.23. The molecular weight excluding hydrogens is 269 g/mol. The zero-order valence-corrected chi connectivity index (χ0v) is 11.0. The SMILES string of the molecule is CNC(=O)c1ccc(C2=CCNCC2)cc1C(F)(F)F. The lowest BCUT2D eigenvalue weighted by Gasteiger charge is -2.17. The standard InChI is InChI=1S/C14H15F3N2O/c1-18-13(20)11-3-2-10(8-12(11)14(15,16)17)9-4-6-19-7-5-9/h2-4,8,19H,5-7H2,1H3,(H,18,20). The van der Waals surface area contributed by atoms with E-state index in [1.807, 2.05) is 6.08 Å². The second-order valence-corrected chi connectivity index (χ2v) is 4.52. The normalized spacial score (nSPS) is 15.7. The third kappa shape index (κ3) is 3.01. The second kappa shape index (κ2) is 5.66. The summed E-state index contributed by atoms with van der Waals surface area (Å²) in [6.45, 7) is 1.39. The van der Waals surface area contributed by atoms with Crippen molar-refractivity contribution in [1.82, 2.24) is 10.6 Å². The fourth-order valence-electron chi connectivity index (χ4n) is 2.20. The summed E-state index contributed by atoms with van der Waals surface area (Å²) in [6, 6.07) is 3.86. The van der Waals surface area contributed by atoms with E-state index in [1.165, 1.54) is 13.1 Å². The molecule has 0 radical (unpaired) electrons. The van der Waals surface area contributed by atoms with E-state index >= 15 is 0 Å². The zero-order chi connectivity index (χ0) is 14.8. The molecule has 20 heavy (non-hydrogen) atoms. The number of hydrogen-bond acceptors (Lipinski definition) is 2. The zero-order valence-electron chi connectivity index (χ0n) is 11.0. The lowest BCUT2D eigenvalue weighted by Crippen LogP contribution is -2.23. The van der Waals surface area contributed by atoms with Gasteiger partial charge in [-0.05, 0) is 36.2 Å². The molecule has 1 heterocycles. The Balaban J connectivity index is 2.48. The Labute approximate surface area is 114 Å². The van der Waals surface area contributed by atoms with Gasteiger partial charge in [0, 0.05) is 13.6 Å². The Kier molecular flexibility index (Phi) is 4.13. The molecule has 1 aromatic rings. The van der Waals surface area contributed by atoms with E-state index in [0.717, 1.165) is 18.2 Å². The number of benzene rings is 1. The Morgan fingerprint density at radius 3 is 2.65 bits per heavy atom. The molecular formula is C14H15F3N2O. The molecule has 1 aliphatic heterocycles. The maximum Gasteiger partial charge on any atom is 0.417 e. The average Bonchev–Trinajstić information content (AvgIpc) is 2.46. The summed E-state index contributed by atoms with van der Waals surface area (Å²) in [6.07, 6.45) is -2.00. The number of nitrogens with one attached hydrogen (secondary N) is 2. The van der Waals surface area contributed by atoms with Gasteiger partial charge in [0.25, 0.3) is 5.91 Å². The van der Waals surface area contributed by atoms with Crippen molar-refractivity contribution >= 4 is 11.5 Å². The van der Waals surface area contributed by atoms with Gasteiger partial charge in [0.2, 0.25) is 0 Å². The van der Waals surface area contributed by atoms with Crippen molar-refractivity contribution in [2.45, 2.75) is 12.6 Å². The summed E-state index contributed by atoms with van der Waals surface area (Å²) in [7, 11) is 1.31. The summed E-state index contributed by atoms with van der Waals surface area (Å²) in [5, 5.41) is 5.33. The molecule has 0 unspecified atom stereocenters. The summed E-state index contributed by atoms with van der Waals surface area (Å²) in [4.78, 5) is 11.5. The number of carbonyl (C=O) groups is 1. The van der Waals surface area contributed by atoms with E-state index in [2.05, 4.69) is 10.6 Å². The molecule has 0 spiro atoms. The Morgan fingerprint density at radius 2 is 2.10 bits per heavy atom. The molecule has 1 amide bonds. The van der Waals surface area contributed by atoms with Crippen LogP contribution < -0.4 is 10.6 Å². The number of carbonyl (C=O) groups excluding carboxylic acids is 1. The van der Waals surface area contributed by atoms with Gasteiger partial charge < -0.3 is 10.6 Å². The molecule has 2 N–H and O–H groups in total. The van der Waals surface area contributed by atoms with Gasteiger partial charge in [-0.2, -0.15) is 13.2 Å². The first-order valence-electron chi connectivity index (χ1n) is 6.27. The monoisotopic (exact) mass is 284 g/mol. The summed E-state index contributed by atoms with van der Waals surface area (Å²) >= 11 is 0. The quantitative estimate of drug-likeness (QED) is 0.876. The second-order valence-electron chi connectivity index (χ2n) is 4.52. The molecule has 0 saturated heterocycles. The van der Waals surface area contributed by atoms with Crippen LogP contribution in [0.4, 0.5) is 13.2 Å². The first-order chi connectivity index (χ1) is 9.43. The molecule has 1 aliphatic rings. The van der Waals surface area contributed by atoms with Gasteiger partial charge in [0.15, 0.2) is 0 Å². The summed E-state index contributed by atoms with van der Waals surface area (Å²) in [5.41, 5.74) is 0.149. The van der Waals surface area contributed by atoms with Gasteiger partial charge in [0.1, 0.15) is 0 Å². The van der Waals surface area contributed by atoms with Crippen molar-refractivity contribution in [3.05, 3.63) is 41.0 Å². The third-order valence-electron chi connectivity index (χ3n) is 3.23. The van der Waals surface area contributed by atoms with Gasteiger partial charge in [-0.1, -0.05) is 12.1 Å². The number of amides is 1. The van der Waals surface area contributed by atoms with Crippen molar-refractivity contribution in [3.8, 4) is 0 Å². The fraction of sp³-hybridized carbons (Fsp3) is 0.357. The highest BCUT2D eigenvalue weighted by atomic mass is 19.4. The van der Waals surface area contributed by atoms with Gasteiger partial charge in [0.05, 0.1) is 11.1 Å². The van der Waals surface area contributed by atoms with Crippen LogP contribution in [0.3, 0.4) is 0 Å². The van der Waals surface area contributed by atoms with E-state index in [0.29, 0.717) is 18.5 Å². The van der Waals surface area contributed by atoms with E-state index in [1.54, 1.807) is 6.07 Å². The van der Waals surface area contributed by atoms with Gasteiger partial charge in [-0.25, -0.2) is 0 Å². The van der Waals surface area contributed by atoms with Crippen molar-refractivity contribution in [2.75, 3.05) is 20.1 Å². The molecule has 0 saturated carbocycles. The highest BCUT2D eigenvalue weighted by Crippen LogP contribution is 2.34. The highest BCUT2D eigenvalue weighted by molar-refractivity contribution is 5.96. The van der Waals surface area contributed by atoms with Crippen LogP contribution in [0.5, 0.6) is 0 Å². The Morgan fingerprint density at radius 1 is 1.35 bits per heavy atom. The molecule has 0 atom stereocenters. The lowest BCUT2D eigenvalue weighted by molar-refractivity contribution is -0.137. The first-order valence-corrected chi connectivity index (χ1v) is 6.27. The Hall–Kier alpha value is -1.82. The number of rotatable bonds is 2. The molecule has 0 aromatic heterocycles. The van der Waals surface area contributed by atoms with Gasteiger partial charge >= 0.3 is 6.18 Å².